The lowest BCUT2D eigenvalue weighted by Gasteiger charge is -2.19. The third kappa shape index (κ3) is 4.63. The molecule has 1 aromatic heterocycles. The van der Waals surface area contributed by atoms with Crippen molar-refractivity contribution < 1.29 is 29.3 Å². The number of carbonyl (C=O) groups is 2. The van der Waals surface area contributed by atoms with Gasteiger partial charge in [0.1, 0.15) is 12.2 Å². The SMILES string of the molecule is Cn1nc(OCCO)c(C(=O)O)c1NC(=O)OC(C)(C)C. The molecule has 1 rings (SSSR count). The Morgan fingerprint density at radius 1 is 1.38 bits per heavy atom. The summed E-state index contributed by atoms with van der Waals surface area (Å²) in [5.74, 6) is -1.57. The first-order chi connectivity index (χ1) is 9.65. The molecule has 9 heteroatoms. The largest absolute Gasteiger partial charge is 0.477 e. The molecule has 9 nitrogen and oxygen atoms in total. The highest BCUT2D eigenvalue weighted by molar-refractivity contribution is 5.99. The van der Waals surface area contributed by atoms with Gasteiger partial charge in [0.15, 0.2) is 11.4 Å². The van der Waals surface area contributed by atoms with E-state index in [1.807, 2.05) is 0 Å². The molecule has 0 aliphatic rings. The first kappa shape index (κ1) is 16.8. The number of carboxylic acid groups (broad SMARTS) is 1. The number of anilines is 1. The van der Waals surface area contributed by atoms with E-state index >= 15 is 0 Å². The van der Waals surface area contributed by atoms with Gasteiger partial charge in [-0.15, -0.1) is 5.10 Å². The Bertz CT molecular complexity index is 532. The Hall–Kier alpha value is -2.29. The molecule has 1 heterocycles. The topological polar surface area (TPSA) is 123 Å². The summed E-state index contributed by atoms with van der Waals surface area (Å²) in [7, 11) is 1.45. The fourth-order valence-electron chi connectivity index (χ4n) is 1.48. The van der Waals surface area contributed by atoms with Gasteiger partial charge in [-0.2, -0.15) is 0 Å². The molecule has 21 heavy (non-hydrogen) atoms. The van der Waals surface area contributed by atoms with Crippen molar-refractivity contribution in [1.82, 2.24) is 9.78 Å². The number of rotatable bonds is 5. The van der Waals surface area contributed by atoms with E-state index in [9.17, 15) is 14.7 Å². The van der Waals surface area contributed by atoms with Crippen LogP contribution < -0.4 is 10.1 Å². The molecule has 1 aromatic rings. The summed E-state index contributed by atoms with van der Waals surface area (Å²) >= 11 is 0. The number of aliphatic hydroxyl groups excluding tert-OH is 1. The number of hydrogen-bond donors (Lipinski definition) is 3. The van der Waals surface area contributed by atoms with Crippen LogP contribution in [0.3, 0.4) is 0 Å². The summed E-state index contributed by atoms with van der Waals surface area (Å²) in [6, 6.07) is 0. The van der Waals surface area contributed by atoms with Gasteiger partial charge in [-0.05, 0) is 20.8 Å². The standard InChI is InChI=1S/C12H19N3O6/c1-12(2,3)21-11(19)13-8-7(10(17)18)9(14-15(8)4)20-6-5-16/h16H,5-6H2,1-4H3,(H,13,19)(H,17,18). The molecule has 0 aromatic carbocycles. The van der Waals surface area contributed by atoms with E-state index in [4.69, 9.17) is 14.6 Å². The molecule has 0 bridgehead atoms. The number of carboxylic acids is 1. The molecule has 0 unspecified atom stereocenters. The van der Waals surface area contributed by atoms with Crippen LogP contribution >= 0.6 is 0 Å². The van der Waals surface area contributed by atoms with Crippen LogP contribution in [-0.4, -0.2) is 50.9 Å². The highest BCUT2D eigenvalue weighted by Gasteiger charge is 2.26. The van der Waals surface area contributed by atoms with E-state index in [1.165, 1.54) is 7.05 Å². The minimum Gasteiger partial charge on any atom is -0.477 e. The quantitative estimate of drug-likeness (QED) is 0.736. The Morgan fingerprint density at radius 3 is 2.48 bits per heavy atom. The fraction of sp³-hybridized carbons (Fsp3) is 0.583. The molecule has 0 saturated heterocycles. The minimum atomic E-state index is -1.32. The molecule has 0 fully saturated rings. The van der Waals surface area contributed by atoms with Crippen molar-refractivity contribution in [2.45, 2.75) is 26.4 Å². The second kappa shape index (κ2) is 6.44. The first-order valence-electron chi connectivity index (χ1n) is 6.19. The van der Waals surface area contributed by atoms with E-state index in [0.29, 0.717) is 0 Å². The van der Waals surface area contributed by atoms with Crippen LogP contribution in [0.25, 0.3) is 0 Å². The zero-order chi connectivity index (χ0) is 16.2. The molecule has 0 saturated carbocycles. The predicted octanol–water partition coefficient (Wildman–Crippen LogP) is 0.836. The Morgan fingerprint density at radius 2 is 2.00 bits per heavy atom. The molecular formula is C12H19N3O6. The number of aryl methyl sites for hydroxylation is 1. The molecular weight excluding hydrogens is 282 g/mol. The highest BCUT2D eigenvalue weighted by Crippen LogP contribution is 2.26. The number of ether oxygens (including phenoxy) is 2. The Kier molecular flexibility index (Phi) is 5.14. The van der Waals surface area contributed by atoms with Gasteiger partial charge in [-0.3, -0.25) is 5.32 Å². The van der Waals surface area contributed by atoms with Crippen molar-refractivity contribution in [3.8, 4) is 5.88 Å². The maximum absolute atomic E-state index is 11.7. The smallest absolute Gasteiger partial charge is 0.413 e. The first-order valence-corrected chi connectivity index (χ1v) is 6.19. The third-order valence-corrected chi connectivity index (χ3v) is 2.18. The normalized spacial score (nSPS) is 11.1. The molecule has 0 radical (unpaired) electrons. The average Bonchev–Trinajstić information content (AvgIpc) is 2.61. The van der Waals surface area contributed by atoms with Gasteiger partial charge in [0.25, 0.3) is 0 Å². The van der Waals surface area contributed by atoms with Gasteiger partial charge in [0.05, 0.1) is 6.61 Å². The third-order valence-electron chi connectivity index (χ3n) is 2.18. The lowest BCUT2D eigenvalue weighted by molar-refractivity contribution is 0.0634. The summed E-state index contributed by atoms with van der Waals surface area (Å²) in [6.45, 7) is 4.66. The van der Waals surface area contributed by atoms with Crippen molar-refractivity contribution in [3.63, 3.8) is 0 Å². The minimum absolute atomic E-state index is 0.0651. The molecule has 1 amide bonds. The van der Waals surface area contributed by atoms with Gasteiger partial charge in [0.2, 0.25) is 5.88 Å². The molecule has 0 spiro atoms. The lowest BCUT2D eigenvalue weighted by Crippen LogP contribution is -2.28. The zero-order valence-corrected chi connectivity index (χ0v) is 12.3. The highest BCUT2D eigenvalue weighted by atomic mass is 16.6. The van der Waals surface area contributed by atoms with Crippen molar-refractivity contribution in [2.75, 3.05) is 18.5 Å². The van der Waals surface area contributed by atoms with Crippen molar-refractivity contribution >= 4 is 17.9 Å². The Balaban J connectivity index is 3.03. The van der Waals surface area contributed by atoms with E-state index in [0.717, 1.165) is 4.68 Å². The van der Waals surface area contributed by atoms with Crippen LogP contribution in [-0.2, 0) is 11.8 Å². The molecule has 0 atom stereocenters. The second-order valence-electron chi connectivity index (χ2n) is 5.16. The maximum Gasteiger partial charge on any atom is 0.413 e. The van der Waals surface area contributed by atoms with Gasteiger partial charge in [0, 0.05) is 7.05 Å². The fourth-order valence-corrected chi connectivity index (χ4v) is 1.48. The van der Waals surface area contributed by atoms with Gasteiger partial charge in [-0.1, -0.05) is 0 Å². The summed E-state index contributed by atoms with van der Waals surface area (Å²) in [5.41, 5.74) is -1.03. The summed E-state index contributed by atoms with van der Waals surface area (Å²) in [6.07, 6.45) is -0.804. The summed E-state index contributed by atoms with van der Waals surface area (Å²) in [4.78, 5) is 23.0. The van der Waals surface area contributed by atoms with Crippen LogP contribution in [0.15, 0.2) is 0 Å². The second-order valence-corrected chi connectivity index (χ2v) is 5.16. The van der Waals surface area contributed by atoms with E-state index in [-0.39, 0.29) is 30.5 Å². The predicted molar refractivity (Wildman–Crippen MR) is 72.6 cm³/mol. The van der Waals surface area contributed by atoms with E-state index in [1.54, 1.807) is 20.8 Å². The van der Waals surface area contributed by atoms with Crippen molar-refractivity contribution in [3.05, 3.63) is 5.56 Å². The van der Waals surface area contributed by atoms with Crippen LogP contribution in [0.4, 0.5) is 10.6 Å². The summed E-state index contributed by atoms with van der Waals surface area (Å²) < 4.78 is 11.2. The van der Waals surface area contributed by atoms with Gasteiger partial charge < -0.3 is 19.7 Å². The molecule has 118 valence electrons. The number of carbonyl (C=O) groups excluding carboxylic acids is 1. The van der Waals surface area contributed by atoms with Crippen LogP contribution in [0.2, 0.25) is 0 Å². The van der Waals surface area contributed by atoms with E-state index < -0.39 is 17.7 Å². The van der Waals surface area contributed by atoms with Crippen LogP contribution in [0.5, 0.6) is 5.88 Å². The lowest BCUT2D eigenvalue weighted by atomic mass is 10.2. The number of aliphatic hydroxyl groups is 1. The number of amides is 1. The number of aromatic nitrogens is 2. The monoisotopic (exact) mass is 301 g/mol. The van der Waals surface area contributed by atoms with Crippen LogP contribution in [0, 0.1) is 0 Å². The zero-order valence-electron chi connectivity index (χ0n) is 12.3. The van der Waals surface area contributed by atoms with Crippen LogP contribution in [0.1, 0.15) is 31.1 Å². The summed E-state index contributed by atoms with van der Waals surface area (Å²) in [5, 5.41) is 24.1. The maximum atomic E-state index is 11.7. The van der Waals surface area contributed by atoms with E-state index in [2.05, 4.69) is 10.4 Å². The Labute approximate surface area is 121 Å². The number of nitrogens with zero attached hydrogens (tertiary/aromatic N) is 2. The average molecular weight is 301 g/mol. The number of nitrogens with one attached hydrogen (secondary N) is 1. The molecule has 0 aliphatic carbocycles. The number of aromatic carboxylic acids is 1. The number of hydrogen-bond acceptors (Lipinski definition) is 6. The van der Waals surface area contributed by atoms with Crippen molar-refractivity contribution in [1.29, 1.82) is 0 Å². The van der Waals surface area contributed by atoms with Gasteiger partial charge >= 0.3 is 12.1 Å². The molecule has 3 N–H and O–H groups in total. The van der Waals surface area contributed by atoms with Gasteiger partial charge in [-0.25, -0.2) is 14.3 Å². The molecule has 0 aliphatic heterocycles. The van der Waals surface area contributed by atoms with Crippen molar-refractivity contribution in [2.24, 2.45) is 7.05 Å².